The molecule has 3 aromatic rings. The Morgan fingerprint density at radius 1 is 1.03 bits per heavy atom. The molecule has 5 nitrogen and oxygen atoms in total. The van der Waals surface area contributed by atoms with Crippen LogP contribution in [-0.2, 0) is 11.3 Å². The van der Waals surface area contributed by atoms with E-state index in [0.29, 0.717) is 13.1 Å². The Morgan fingerprint density at radius 3 is 2.47 bits per heavy atom. The third-order valence-corrected chi connectivity index (χ3v) is 5.72. The minimum absolute atomic E-state index is 0.0150. The second kappa shape index (κ2) is 8.90. The SMILES string of the molecule is Cc1cccc(C)c1NC(=O)CN1CCN(Cc2cc(F)cc3cccnc23)CC1. The van der Waals surface area contributed by atoms with Crippen molar-refractivity contribution in [2.45, 2.75) is 20.4 Å². The zero-order valence-corrected chi connectivity index (χ0v) is 17.5. The molecule has 1 saturated heterocycles. The van der Waals surface area contributed by atoms with Crippen molar-refractivity contribution in [1.29, 1.82) is 0 Å². The van der Waals surface area contributed by atoms with Gasteiger partial charge in [-0.25, -0.2) is 4.39 Å². The Balaban J connectivity index is 1.33. The highest BCUT2D eigenvalue weighted by Crippen LogP contribution is 2.21. The van der Waals surface area contributed by atoms with E-state index in [2.05, 4.69) is 20.1 Å². The van der Waals surface area contributed by atoms with Gasteiger partial charge in [-0.3, -0.25) is 19.6 Å². The number of halogens is 1. The van der Waals surface area contributed by atoms with E-state index in [0.717, 1.165) is 59.5 Å². The summed E-state index contributed by atoms with van der Waals surface area (Å²) >= 11 is 0. The molecule has 0 spiro atoms. The Kier molecular flexibility index (Phi) is 6.06. The molecular formula is C24H27FN4O. The fourth-order valence-corrected chi connectivity index (χ4v) is 4.09. The van der Waals surface area contributed by atoms with Crippen LogP contribution in [0.5, 0.6) is 0 Å². The normalized spacial score (nSPS) is 15.4. The molecule has 4 rings (SSSR count). The van der Waals surface area contributed by atoms with Gasteiger partial charge in [0.1, 0.15) is 5.82 Å². The average Bonchev–Trinajstić information content (AvgIpc) is 2.72. The molecule has 0 bridgehead atoms. The van der Waals surface area contributed by atoms with Crippen molar-refractivity contribution in [3.05, 3.63) is 71.2 Å². The molecule has 1 amide bonds. The van der Waals surface area contributed by atoms with Crippen LogP contribution in [0.25, 0.3) is 10.9 Å². The number of aromatic nitrogens is 1. The first-order chi connectivity index (χ1) is 14.5. The smallest absolute Gasteiger partial charge is 0.238 e. The number of carbonyl (C=O) groups excluding carboxylic acids is 1. The summed E-state index contributed by atoms with van der Waals surface area (Å²) in [5.74, 6) is -0.214. The van der Waals surface area contributed by atoms with Crippen LogP contribution in [0.4, 0.5) is 10.1 Å². The van der Waals surface area contributed by atoms with Crippen molar-refractivity contribution in [3.63, 3.8) is 0 Å². The number of benzene rings is 2. The summed E-state index contributed by atoms with van der Waals surface area (Å²) in [5, 5.41) is 3.89. The van der Waals surface area contributed by atoms with E-state index in [1.807, 2.05) is 44.2 Å². The molecule has 1 aliphatic rings. The van der Waals surface area contributed by atoms with Crippen molar-refractivity contribution in [1.82, 2.24) is 14.8 Å². The van der Waals surface area contributed by atoms with Crippen LogP contribution in [0, 0.1) is 19.7 Å². The zero-order valence-electron chi connectivity index (χ0n) is 17.5. The van der Waals surface area contributed by atoms with Gasteiger partial charge < -0.3 is 5.32 Å². The molecule has 0 unspecified atom stereocenters. The number of nitrogens with one attached hydrogen (secondary N) is 1. The number of hydrogen-bond donors (Lipinski definition) is 1. The summed E-state index contributed by atoms with van der Waals surface area (Å²) in [6.07, 6.45) is 1.75. The Hall–Kier alpha value is -2.83. The van der Waals surface area contributed by atoms with Gasteiger partial charge in [0.2, 0.25) is 5.91 Å². The van der Waals surface area contributed by atoms with Crippen molar-refractivity contribution in [2.24, 2.45) is 0 Å². The summed E-state index contributed by atoms with van der Waals surface area (Å²) in [4.78, 5) is 21.4. The van der Waals surface area contributed by atoms with Crippen LogP contribution in [0.1, 0.15) is 16.7 Å². The van der Waals surface area contributed by atoms with E-state index in [4.69, 9.17) is 0 Å². The van der Waals surface area contributed by atoms with E-state index in [1.165, 1.54) is 6.07 Å². The number of piperazine rings is 1. The molecule has 2 heterocycles. The van der Waals surface area contributed by atoms with E-state index in [1.54, 1.807) is 12.3 Å². The van der Waals surface area contributed by atoms with Crippen molar-refractivity contribution in [2.75, 3.05) is 38.0 Å². The number of hydrogen-bond acceptors (Lipinski definition) is 4. The maximum Gasteiger partial charge on any atom is 0.238 e. The number of para-hydroxylation sites is 1. The number of anilines is 1. The molecular weight excluding hydrogens is 379 g/mol. The number of aryl methyl sites for hydroxylation is 2. The summed E-state index contributed by atoms with van der Waals surface area (Å²) < 4.78 is 14.0. The largest absolute Gasteiger partial charge is 0.324 e. The van der Waals surface area contributed by atoms with E-state index in [9.17, 15) is 9.18 Å². The Labute approximate surface area is 176 Å². The van der Waals surface area contributed by atoms with E-state index in [-0.39, 0.29) is 11.7 Å². The first-order valence-corrected chi connectivity index (χ1v) is 10.3. The molecule has 1 N–H and O–H groups in total. The second-order valence-corrected chi connectivity index (χ2v) is 8.01. The monoisotopic (exact) mass is 406 g/mol. The maximum absolute atomic E-state index is 14.0. The van der Waals surface area contributed by atoms with Gasteiger partial charge in [0.15, 0.2) is 0 Å². The third-order valence-electron chi connectivity index (χ3n) is 5.72. The molecule has 0 radical (unpaired) electrons. The molecule has 1 aliphatic heterocycles. The predicted molar refractivity (Wildman–Crippen MR) is 118 cm³/mol. The number of amides is 1. The van der Waals surface area contributed by atoms with Gasteiger partial charge in [0.25, 0.3) is 0 Å². The van der Waals surface area contributed by atoms with Crippen molar-refractivity contribution in [3.8, 4) is 0 Å². The summed E-state index contributed by atoms with van der Waals surface area (Å²) in [6.45, 7) is 8.34. The van der Waals surface area contributed by atoms with Gasteiger partial charge in [0, 0.05) is 50.0 Å². The van der Waals surface area contributed by atoms with Gasteiger partial charge in [-0.2, -0.15) is 0 Å². The third kappa shape index (κ3) is 4.66. The number of pyridine rings is 1. The van der Waals surface area contributed by atoms with Gasteiger partial charge in [0.05, 0.1) is 12.1 Å². The molecule has 156 valence electrons. The lowest BCUT2D eigenvalue weighted by molar-refractivity contribution is -0.117. The standard InChI is InChI=1S/C24H27FN4O/c1-17-5-3-6-18(2)23(17)27-22(30)16-29-11-9-28(10-12-29)15-20-14-21(25)13-19-7-4-8-26-24(19)20/h3-8,13-14H,9-12,15-16H2,1-2H3,(H,27,30). The van der Waals surface area contributed by atoms with Gasteiger partial charge in [-0.05, 0) is 48.7 Å². The van der Waals surface area contributed by atoms with Gasteiger partial charge in [-0.1, -0.05) is 24.3 Å². The lowest BCUT2D eigenvalue weighted by Gasteiger charge is -2.34. The lowest BCUT2D eigenvalue weighted by Crippen LogP contribution is -2.48. The van der Waals surface area contributed by atoms with Crippen LogP contribution >= 0.6 is 0 Å². The maximum atomic E-state index is 14.0. The number of carbonyl (C=O) groups is 1. The van der Waals surface area contributed by atoms with Crippen molar-refractivity contribution >= 4 is 22.5 Å². The lowest BCUT2D eigenvalue weighted by atomic mass is 10.1. The molecule has 1 aromatic heterocycles. The number of nitrogens with zero attached hydrogens (tertiary/aromatic N) is 3. The molecule has 0 atom stereocenters. The molecule has 0 saturated carbocycles. The van der Waals surface area contributed by atoms with Crippen LogP contribution in [0.15, 0.2) is 48.7 Å². The van der Waals surface area contributed by atoms with Crippen LogP contribution in [0.2, 0.25) is 0 Å². The molecule has 0 aliphatic carbocycles. The first kappa shape index (κ1) is 20.4. The van der Waals surface area contributed by atoms with Gasteiger partial charge >= 0.3 is 0 Å². The topological polar surface area (TPSA) is 48.5 Å². The molecule has 2 aromatic carbocycles. The minimum atomic E-state index is -0.229. The van der Waals surface area contributed by atoms with Crippen LogP contribution < -0.4 is 5.32 Å². The fourth-order valence-electron chi connectivity index (χ4n) is 4.09. The highest BCUT2D eigenvalue weighted by Gasteiger charge is 2.20. The second-order valence-electron chi connectivity index (χ2n) is 8.01. The van der Waals surface area contributed by atoms with Gasteiger partial charge in [-0.15, -0.1) is 0 Å². The van der Waals surface area contributed by atoms with Crippen LogP contribution in [-0.4, -0.2) is 53.4 Å². The first-order valence-electron chi connectivity index (χ1n) is 10.3. The summed E-state index contributed by atoms with van der Waals surface area (Å²) in [5.41, 5.74) is 4.82. The fraction of sp³-hybridized carbons (Fsp3) is 0.333. The minimum Gasteiger partial charge on any atom is -0.324 e. The van der Waals surface area contributed by atoms with Crippen molar-refractivity contribution < 1.29 is 9.18 Å². The number of rotatable bonds is 5. The molecule has 6 heteroatoms. The summed E-state index contributed by atoms with van der Waals surface area (Å²) in [6, 6.07) is 12.8. The van der Waals surface area contributed by atoms with E-state index >= 15 is 0 Å². The van der Waals surface area contributed by atoms with E-state index < -0.39 is 0 Å². The zero-order chi connectivity index (χ0) is 21.1. The molecule has 30 heavy (non-hydrogen) atoms. The highest BCUT2D eigenvalue weighted by atomic mass is 19.1. The quantitative estimate of drug-likeness (QED) is 0.701. The highest BCUT2D eigenvalue weighted by molar-refractivity contribution is 5.93. The molecule has 1 fully saturated rings. The Bertz CT molecular complexity index is 1040. The average molecular weight is 407 g/mol. The Morgan fingerprint density at radius 2 is 1.73 bits per heavy atom. The van der Waals surface area contributed by atoms with Crippen LogP contribution in [0.3, 0.4) is 0 Å². The number of fused-ring (bicyclic) bond motifs is 1. The predicted octanol–water partition coefficient (Wildman–Crippen LogP) is 3.75. The summed E-state index contributed by atoms with van der Waals surface area (Å²) in [7, 11) is 0.